The van der Waals surface area contributed by atoms with Crippen molar-refractivity contribution in [2.24, 2.45) is 4.99 Å². The van der Waals surface area contributed by atoms with Crippen molar-refractivity contribution in [1.29, 1.82) is 0 Å². The minimum absolute atomic E-state index is 0.0377. The van der Waals surface area contributed by atoms with Crippen LogP contribution in [-0.4, -0.2) is 60.9 Å². The lowest BCUT2D eigenvalue weighted by Crippen LogP contribution is -2.53. The summed E-state index contributed by atoms with van der Waals surface area (Å²) in [6.45, 7) is 6.58. The van der Waals surface area contributed by atoms with Crippen molar-refractivity contribution in [2.75, 3.05) is 39.3 Å². The Bertz CT molecular complexity index is 674. The molecule has 3 heterocycles. The highest BCUT2D eigenvalue weighted by Gasteiger charge is 2.25. The zero-order valence-corrected chi connectivity index (χ0v) is 15.3. The molecule has 1 amide bonds. The molecule has 1 aliphatic heterocycles. The van der Waals surface area contributed by atoms with Gasteiger partial charge in [0.2, 0.25) is 0 Å². The molecule has 3 rings (SSSR count). The van der Waals surface area contributed by atoms with Gasteiger partial charge >= 0.3 is 0 Å². The number of furan rings is 1. The van der Waals surface area contributed by atoms with Gasteiger partial charge in [0.15, 0.2) is 11.7 Å². The summed E-state index contributed by atoms with van der Waals surface area (Å²) in [6.07, 6.45) is 2.50. The van der Waals surface area contributed by atoms with E-state index in [2.05, 4.69) is 34.7 Å². The second-order valence-electron chi connectivity index (χ2n) is 5.82. The smallest absolute Gasteiger partial charge is 0.289 e. The van der Waals surface area contributed by atoms with Gasteiger partial charge in [-0.05, 0) is 30.5 Å². The summed E-state index contributed by atoms with van der Waals surface area (Å²) in [4.78, 5) is 22.5. The van der Waals surface area contributed by atoms with E-state index in [-0.39, 0.29) is 5.91 Å². The molecule has 0 unspecified atom stereocenters. The van der Waals surface area contributed by atoms with E-state index in [0.717, 1.165) is 38.6 Å². The van der Waals surface area contributed by atoms with Crippen molar-refractivity contribution in [3.63, 3.8) is 0 Å². The number of carbonyl (C=O) groups excluding carboxylic acids is 1. The number of hydrogen-bond donors (Lipinski definition) is 1. The molecule has 0 aromatic carbocycles. The van der Waals surface area contributed by atoms with Crippen molar-refractivity contribution in [3.8, 4) is 0 Å². The van der Waals surface area contributed by atoms with E-state index in [1.807, 2.05) is 4.90 Å². The number of carbonyl (C=O) groups is 1. The highest BCUT2D eigenvalue weighted by Crippen LogP contribution is 2.11. The first-order chi connectivity index (χ1) is 12.3. The summed E-state index contributed by atoms with van der Waals surface area (Å²) in [5.41, 5.74) is 0. The second-order valence-corrected chi connectivity index (χ2v) is 6.85. The van der Waals surface area contributed by atoms with Gasteiger partial charge in [0, 0.05) is 50.6 Å². The molecule has 134 valence electrons. The topological polar surface area (TPSA) is 61.1 Å². The van der Waals surface area contributed by atoms with Crippen LogP contribution in [0.3, 0.4) is 0 Å². The number of thiophene rings is 1. The zero-order valence-electron chi connectivity index (χ0n) is 14.5. The molecule has 0 bridgehead atoms. The third kappa shape index (κ3) is 4.63. The summed E-state index contributed by atoms with van der Waals surface area (Å²) in [7, 11) is 0. The maximum Gasteiger partial charge on any atom is 0.289 e. The lowest BCUT2D eigenvalue weighted by atomic mass is 10.3. The molecular weight excluding hydrogens is 336 g/mol. The van der Waals surface area contributed by atoms with E-state index >= 15 is 0 Å². The highest BCUT2D eigenvalue weighted by molar-refractivity contribution is 7.09. The van der Waals surface area contributed by atoms with E-state index in [9.17, 15) is 4.79 Å². The van der Waals surface area contributed by atoms with Gasteiger partial charge in [-0.1, -0.05) is 6.07 Å². The van der Waals surface area contributed by atoms with Gasteiger partial charge in [-0.25, -0.2) is 0 Å². The Labute approximate surface area is 152 Å². The third-order valence-corrected chi connectivity index (χ3v) is 5.07. The van der Waals surface area contributed by atoms with Gasteiger partial charge in [0.1, 0.15) is 0 Å². The van der Waals surface area contributed by atoms with Crippen LogP contribution >= 0.6 is 11.3 Å². The van der Waals surface area contributed by atoms with Crippen LogP contribution in [0.2, 0.25) is 0 Å². The summed E-state index contributed by atoms with van der Waals surface area (Å²) >= 11 is 1.77. The summed E-state index contributed by atoms with van der Waals surface area (Å²) in [6, 6.07) is 7.67. The molecule has 1 fully saturated rings. The quantitative estimate of drug-likeness (QED) is 0.657. The van der Waals surface area contributed by atoms with Crippen LogP contribution in [-0.2, 0) is 6.42 Å². The molecule has 25 heavy (non-hydrogen) atoms. The zero-order chi connectivity index (χ0) is 17.5. The Balaban J connectivity index is 1.53. The van der Waals surface area contributed by atoms with Crippen molar-refractivity contribution < 1.29 is 9.21 Å². The lowest BCUT2D eigenvalue weighted by Gasteiger charge is -2.36. The maximum absolute atomic E-state index is 12.3. The maximum atomic E-state index is 12.3. The number of nitrogens with one attached hydrogen (secondary N) is 1. The first-order valence-electron chi connectivity index (χ1n) is 8.66. The van der Waals surface area contributed by atoms with Gasteiger partial charge in [-0.3, -0.25) is 9.79 Å². The number of amides is 1. The van der Waals surface area contributed by atoms with Gasteiger partial charge in [0.25, 0.3) is 5.91 Å². The lowest BCUT2D eigenvalue weighted by molar-refractivity contribution is 0.0657. The molecule has 0 spiro atoms. The van der Waals surface area contributed by atoms with Crippen LogP contribution in [0.4, 0.5) is 0 Å². The number of piperazine rings is 1. The molecule has 0 atom stereocenters. The number of hydrogen-bond acceptors (Lipinski definition) is 4. The predicted molar refractivity (Wildman–Crippen MR) is 100 cm³/mol. The van der Waals surface area contributed by atoms with Gasteiger partial charge in [-0.2, -0.15) is 0 Å². The molecule has 7 heteroatoms. The Morgan fingerprint density at radius 3 is 2.68 bits per heavy atom. The van der Waals surface area contributed by atoms with E-state index < -0.39 is 0 Å². The molecule has 1 N–H and O–H groups in total. The minimum Gasteiger partial charge on any atom is -0.459 e. The van der Waals surface area contributed by atoms with Crippen molar-refractivity contribution in [3.05, 3.63) is 46.5 Å². The van der Waals surface area contributed by atoms with Gasteiger partial charge in [-0.15, -0.1) is 11.3 Å². The minimum atomic E-state index is -0.0377. The molecular formula is C18H24N4O2S. The molecule has 2 aromatic heterocycles. The summed E-state index contributed by atoms with van der Waals surface area (Å²) < 4.78 is 5.21. The Morgan fingerprint density at radius 1 is 1.24 bits per heavy atom. The molecule has 1 saturated heterocycles. The largest absolute Gasteiger partial charge is 0.459 e. The molecule has 1 aliphatic rings. The molecule has 0 aliphatic carbocycles. The first kappa shape index (κ1) is 17.5. The molecule has 0 radical (unpaired) electrons. The average molecular weight is 360 g/mol. The number of rotatable bonds is 5. The number of guanidine groups is 1. The average Bonchev–Trinajstić information content (AvgIpc) is 3.34. The third-order valence-electron chi connectivity index (χ3n) is 4.13. The van der Waals surface area contributed by atoms with Crippen LogP contribution in [0.1, 0.15) is 22.4 Å². The SMILES string of the molecule is CCNC(=NCCc1cccs1)N1CCN(C(=O)c2ccco2)CC1. The first-order valence-corrected chi connectivity index (χ1v) is 9.54. The summed E-state index contributed by atoms with van der Waals surface area (Å²) in [5.74, 6) is 1.30. The van der Waals surface area contributed by atoms with Crippen LogP contribution in [0.25, 0.3) is 0 Å². The van der Waals surface area contributed by atoms with Gasteiger partial charge < -0.3 is 19.5 Å². The fraction of sp³-hybridized carbons (Fsp3) is 0.444. The number of nitrogens with zero attached hydrogens (tertiary/aromatic N) is 3. The van der Waals surface area contributed by atoms with Crippen molar-refractivity contribution in [2.45, 2.75) is 13.3 Å². The molecule has 6 nitrogen and oxygen atoms in total. The van der Waals surface area contributed by atoms with Crippen molar-refractivity contribution >= 4 is 23.2 Å². The second kappa shape index (κ2) is 8.71. The van der Waals surface area contributed by atoms with Crippen LogP contribution in [0.5, 0.6) is 0 Å². The molecule has 2 aromatic rings. The van der Waals surface area contributed by atoms with Gasteiger partial charge in [0.05, 0.1) is 6.26 Å². The van der Waals surface area contributed by atoms with E-state index in [1.165, 1.54) is 11.1 Å². The Hall–Kier alpha value is -2.28. The van der Waals surface area contributed by atoms with E-state index in [1.54, 1.807) is 23.5 Å². The van der Waals surface area contributed by atoms with E-state index in [4.69, 9.17) is 9.41 Å². The Kier molecular flexibility index (Phi) is 6.11. The van der Waals surface area contributed by atoms with Crippen LogP contribution in [0, 0.1) is 0 Å². The van der Waals surface area contributed by atoms with Crippen molar-refractivity contribution in [1.82, 2.24) is 15.1 Å². The van der Waals surface area contributed by atoms with Crippen LogP contribution in [0.15, 0.2) is 45.3 Å². The monoisotopic (exact) mass is 360 g/mol. The highest BCUT2D eigenvalue weighted by atomic mass is 32.1. The summed E-state index contributed by atoms with van der Waals surface area (Å²) in [5, 5.41) is 5.46. The standard InChI is InChI=1S/C18H24N4O2S/c1-2-19-18(20-8-7-15-5-4-14-25-15)22-11-9-21(10-12-22)17(23)16-6-3-13-24-16/h3-6,13-14H,2,7-12H2,1H3,(H,19,20). The van der Waals surface area contributed by atoms with E-state index in [0.29, 0.717) is 18.8 Å². The number of aliphatic imine (C=N–C) groups is 1. The molecule has 0 saturated carbocycles. The van der Waals surface area contributed by atoms with Crippen LogP contribution < -0.4 is 5.32 Å². The predicted octanol–water partition coefficient (Wildman–Crippen LogP) is 2.31. The fourth-order valence-corrected chi connectivity index (χ4v) is 3.53. The normalized spacial score (nSPS) is 15.5. The fourth-order valence-electron chi connectivity index (χ4n) is 2.83. The Morgan fingerprint density at radius 2 is 2.04 bits per heavy atom.